The number of hydrogen-bond acceptors (Lipinski definition) is 2. The van der Waals surface area contributed by atoms with Crippen LogP contribution in [0.4, 0.5) is 0 Å². The van der Waals surface area contributed by atoms with Gasteiger partial charge in [0.1, 0.15) is 5.15 Å². The molecule has 0 spiro atoms. The minimum Gasteiger partial charge on any atom is -0.481 e. The molecular formula is C10H10ClNO. The maximum Gasteiger partial charge on any atom is 0.218 e. The molecule has 1 heterocycles. The Morgan fingerprint density at radius 1 is 1.62 bits per heavy atom. The Labute approximate surface area is 82.9 Å². The summed E-state index contributed by atoms with van der Waals surface area (Å²) >= 11 is 5.70. The first-order chi connectivity index (χ1) is 6.19. The number of terminal acetylenes is 1. The maximum atomic E-state index is 5.70. The average Bonchev–Trinajstić information content (AvgIpc) is 2.16. The molecule has 0 N–H and O–H groups in total. The molecule has 0 amide bonds. The Morgan fingerprint density at radius 3 is 2.85 bits per heavy atom. The number of halogens is 1. The zero-order chi connectivity index (χ0) is 9.84. The minimum atomic E-state index is -0.0142. The minimum absolute atomic E-state index is 0.0142. The second-order valence-electron chi connectivity index (χ2n) is 2.62. The summed E-state index contributed by atoms with van der Waals surface area (Å²) in [7, 11) is 1.55. The van der Waals surface area contributed by atoms with E-state index in [2.05, 4.69) is 10.9 Å². The Hall–Kier alpha value is -1.20. The smallest absolute Gasteiger partial charge is 0.218 e. The van der Waals surface area contributed by atoms with E-state index in [4.69, 9.17) is 22.8 Å². The summed E-state index contributed by atoms with van der Waals surface area (Å²) in [6.45, 7) is 1.91. The summed E-state index contributed by atoms with van der Waals surface area (Å²) in [5.74, 6) is 3.10. The highest BCUT2D eigenvalue weighted by molar-refractivity contribution is 6.29. The molecule has 1 atom stereocenters. The Balaban J connectivity index is 3.15. The molecular weight excluding hydrogens is 186 g/mol. The van der Waals surface area contributed by atoms with Crippen molar-refractivity contribution in [1.29, 1.82) is 0 Å². The lowest BCUT2D eigenvalue weighted by molar-refractivity contribution is 0.392. The van der Waals surface area contributed by atoms with Crippen LogP contribution in [0.1, 0.15) is 18.4 Å². The van der Waals surface area contributed by atoms with Crippen LogP contribution in [-0.4, -0.2) is 12.1 Å². The predicted molar refractivity (Wildman–Crippen MR) is 53.0 cm³/mol. The molecule has 1 unspecified atom stereocenters. The third-order valence-electron chi connectivity index (χ3n) is 1.77. The van der Waals surface area contributed by atoms with Crippen LogP contribution in [0.5, 0.6) is 5.88 Å². The third kappa shape index (κ3) is 2.13. The van der Waals surface area contributed by atoms with E-state index in [0.717, 1.165) is 5.56 Å². The van der Waals surface area contributed by atoms with Crippen LogP contribution >= 0.6 is 11.6 Å². The molecule has 0 aliphatic rings. The van der Waals surface area contributed by atoms with E-state index in [1.54, 1.807) is 13.2 Å². The van der Waals surface area contributed by atoms with Gasteiger partial charge in [-0.1, -0.05) is 17.5 Å². The molecule has 2 nitrogen and oxygen atoms in total. The molecule has 0 saturated carbocycles. The number of hydrogen-bond donors (Lipinski definition) is 0. The van der Waals surface area contributed by atoms with Gasteiger partial charge in [-0.3, -0.25) is 0 Å². The zero-order valence-corrected chi connectivity index (χ0v) is 8.30. The average molecular weight is 196 g/mol. The lowest BCUT2D eigenvalue weighted by atomic mass is 10.0. The molecule has 0 radical (unpaired) electrons. The summed E-state index contributed by atoms with van der Waals surface area (Å²) in [6, 6.07) is 3.53. The summed E-state index contributed by atoms with van der Waals surface area (Å²) in [5, 5.41) is 0.407. The first kappa shape index (κ1) is 9.88. The molecule has 0 aromatic carbocycles. The first-order valence-corrected chi connectivity index (χ1v) is 4.23. The molecule has 1 aromatic heterocycles. The summed E-state index contributed by atoms with van der Waals surface area (Å²) in [5.41, 5.74) is 0.884. The second kappa shape index (κ2) is 4.15. The third-order valence-corrected chi connectivity index (χ3v) is 1.98. The van der Waals surface area contributed by atoms with Gasteiger partial charge in [0, 0.05) is 11.5 Å². The van der Waals surface area contributed by atoms with Gasteiger partial charge in [-0.15, -0.1) is 6.42 Å². The van der Waals surface area contributed by atoms with Gasteiger partial charge in [-0.2, -0.15) is 0 Å². The van der Waals surface area contributed by atoms with Crippen LogP contribution in [0.3, 0.4) is 0 Å². The van der Waals surface area contributed by atoms with Crippen LogP contribution < -0.4 is 4.74 Å². The van der Waals surface area contributed by atoms with E-state index in [1.807, 2.05) is 13.0 Å². The largest absolute Gasteiger partial charge is 0.481 e. The van der Waals surface area contributed by atoms with Crippen LogP contribution in [0.2, 0.25) is 5.15 Å². The second-order valence-corrected chi connectivity index (χ2v) is 3.01. The standard InChI is InChI=1S/C10H10ClNO/c1-4-7(2)8-5-6-9(11)12-10(8)13-3/h1,5-7H,2-3H3. The highest BCUT2D eigenvalue weighted by atomic mass is 35.5. The van der Waals surface area contributed by atoms with Crippen molar-refractivity contribution in [2.75, 3.05) is 7.11 Å². The molecule has 0 bridgehead atoms. The SMILES string of the molecule is C#CC(C)c1ccc(Cl)nc1OC. The van der Waals surface area contributed by atoms with Crippen molar-refractivity contribution < 1.29 is 4.74 Å². The van der Waals surface area contributed by atoms with Gasteiger partial charge in [-0.25, -0.2) is 4.98 Å². The quantitative estimate of drug-likeness (QED) is 0.534. The highest BCUT2D eigenvalue weighted by Crippen LogP contribution is 2.25. The number of ether oxygens (including phenoxy) is 1. The van der Waals surface area contributed by atoms with E-state index >= 15 is 0 Å². The number of nitrogens with zero attached hydrogens (tertiary/aromatic N) is 1. The molecule has 0 aliphatic carbocycles. The van der Waals surface area contributed by atoms with Gasteiger partial charge in [0.05, 0.1) is 7.11 Å². The van der Waals surface area contributed by atoms with Crippen LogP contribution in [0.15, 0.2) is 12.1 Å². The van der Waals surface area contributed by atoms with Crippen LogP contribution in [0.25, 0.3) is 0 Å². The van der Waals surface area contributed by atoms with Gasteiger partial charge in [0.15, 0.2) is 0 Å². The monoisotopic (exact) mass is 195 g/mol. The van der Waals surface area contributed by atoms with E-state index in [-0.39, 0.29) is 5.92 Å². The van der Waals surface area contributed by atoms with Crippen molar-refractivity contribution in [1.82, 2.24) is 4.98 Å². The fraction of sp³-hybridized carbons (Fsp3) is 0.300. The van der Waals surface area contributed by atoms with Crippen LogP contribution in [0, 0.1) is 12.3 Å². The first-order valence-electron chi connectivity index (χ1n) is 3.85. The molecule has 1 rings (SSSR count). The fourth-order valence-corrected chi connectivity index (χ4v) is 1.15. The number of aromatic nitrogens is 1. The van der Waals surface area contributed by atoms with Crippen LogP contribution in [-0.2, 0) is 0 Å². The molecule has 0 aliphatic heterocycles. The molecule has 0 saturated heterocycles. The Bertz CT molecular complexity index is 343. The van der Waals surface area contributed by atoms with Crippen molar-refractivity contribution >= 4 is 11.6 Å². The molecule has 0 fully saturated rings. The van der Waals surface area contributed by atoms with Crippen molar-refractivity contribution in [2.45, 2.75) is 12.8 Å². The van der Waals surface area contributed by atoms with E-state index in [9.17, 15) is 0 Å². The predicted octanol–water partition coefficient (Wildman–Crippen LogP) is 2.48. The number of methoxy groups -OCH3 is 1. The van der Waals surface area contributed by atoms with E-state index in [0.29, 0.717) is 11.0 Å². The van der Waals surface area contributed by atoms with Gasteiger partial charge in [-0.05, 0) is 19.1 Å². The topological polar surface area (TPSA) is 22.1 Å². The van der Waals surface area contributed by atoms with Crippen molar-refractivity contribution in [3.63, 3.8) is 0 Å². The number of pyridine rings is 1. The maximum absolute atomic E-state index is 5.70. The van der Waals surface area contributed by atoms with Crippen molar-refractivity contribution in [3.8, 4) is 18.2 Å². The van der Waals surface area contributed by atoms with Gasteiger partial charge in [0.2, 0.25) is 5.88 Å². The van der Waals surface area contributed by atoms with Gasteiger partial charge < -0.3 is 4.74 Å². The Kier molecular flexibility index (Phi) is 3.16. The van der Waals surface area contributed by atoms with Gasteiger partial charge >= 0.3 is 0 Å². The van der Waals surface area contributed by atoms with E-state index in [1.165, 1.54) is 0 Å². The molecule has 3 heteroatoms. The number of rotatable bonds is 2. The molecule has 1 aromatic rings. The summed E-state index contributed by atoms with van der Waals surface area (Å²) < 4.78 is 5.06. The highest BCUT2D eigenvalue weighted by Gasteiger charge is 2.10. The normalized spacial score (nSPS) is 11.8. The lowest BCUT2D eigenvalue weighted by Gasteiger charge is -2.09. The van der Waals surface area contributed by atoms with E-state index < -0.39 is 0 Å². The van der Waals surface area contributed by atoms with Gasteiger partial charge in [0.25, 0.3) is 0 Å². The summed E-state index contributed by atoms with van der Waals surface area (Å²) in [4.78, 5) is 4.01. The van der Waals surface area contributed by atoms with Crippen molar-refractivity contribution in [3.05, 3.63) is 22.8 Å². The Morgan fingerprint density at radius 2 is 2.31 bits per heavy atom. The van der Waals surface area contributed by atoms with Crippen molar-refractivity contribution in [2.24, 2.45) is 0 Å². The lowest BCUT2D eigenvalue weighted by Crippen LogP contribution is -1.97. The zero-order valence-electron chi connectivity index (χ0n) is 7.54. The molecule has 68 valence electrons. The fourth-order valence-electron chi connectivity index (χ4n) is 1.01. The summed E-state index contributed by atoms with van der Waals surface area (Å²) in [6.07, 6.45) is 5.30. The molecule has 13 heavy (non-hydrogen) atoms.